The van der Waals surface area contributed by atoms with Crippen LogP contribution in [0.15, 0.2) is 31.5 Å². The van der Waals surface area contributed by atoms with Gasteiger partial charge in [0.15, 0.2) is 0 Å². The summed E-state index contributed by atoms with van der Waals surface area (Å²) >= 11 is 0. The molecule has 84 valence electrons. The van der Waals surface area contributed by atoms with Crippen LogP contribution >= 0.6 is 0 Å². The topological polar surface area (TPSA) is 12.9 Å². The Morgan fingerprint density at radius 3 is 2.13 bits per heavy atom. The summed E-state index contributed by atoms with van der Waals surface area (Å²) in [6.07, 6.45) is 3.55. The van der Waals surface area contributed by atoms with Crippen LogP contribution in [0.4, 0.5) is 0 Å². The van der Waals surface area contributed by atoms with E-state index >= 15 is 0 Å². The summed E-state index contributed by atoms with van der Waals surface area (Å²) in [4.78, 5) is 4.18. The van der Waals surface area contributed by atoms with E-state index in [1.807, 2.05) is 46.8 Å². The first-order valence-corrected chi connectivity index (χ1v) is 5.49. The van der Waals surface area contributed by atoms with Gasteiger partial charge in [-0.15, -0.1) is 0 Å². The fraction of sp³-hybridized carbons (Fsp3) is 0.357. The zero-order valence-corrected chi connectivity index (χ0v) is 10.7. The molecule has 0 aromatic carbocycles. The lowest BCUT2D eigenvalue weighted by atomic mass is 10.1. The zero-order valence-electron chi connectivity index (χ0n) is 10.7. The molecule has 0 aliphatic heterocycles. The van der Waals surface area contributed by atoms with Crippen molar-refractivity contribution in [2.75, 3.05) is 0 Å². The highest BCUT2D eigenvalue weighted by atomic mass is 14.7. The summed E-state index contributed by atoms with van der Waals surface area (Å²) in [5, 5.41) is 0. The molecule has 1 nitrogen and oxygen atoms in total. The van der Waals surface area contributed by atoms with Gasteiger partial charge < -0.3 is 0 Å². The fourth-order valence-corrected chi connectivity index (χ4v) is 0.939. The van der Waals surface area contributed by atoms with Crippen molar-refractivity contribution in [3.05, 3.63) is 42.7 Å². The van der Waals surface area contributed by atoms with Crippen molar-refractivity contribution < 1.29 is 0 Å². The summed E-state index contributed by atoms with van der Waals surface area (Å²) in [6, 6.07) is 3.87. The van der Waals surface area contributed by atoms with Crippen LogP contribution in [0.2, 0.25) is 0 Å². The molecule has 0 saturated heterocycles. The quantitative estimate of drug-likeness (QED) is 0.675. The average Bonchev–Trinajstić information content (AvgIpc) is 2.34. The Balaban J connectivity index is 0. The van der Waals surface area contributed by atoms with E-state index in [4.69, 9.17) is 0 Å². The Labute approximate surface area is 94.6 Å². The van der Waals surface area contributed by atoms with Crippen molar-refractivity contribution in [1.29, 1.82) is 0 Å². The lowest BCUT2D eigenvalue weighted by Crippen LogP contribution is -1.87. The molecule has 0 amide bonds. The largest absolute Gasteiger partial charge is 0.256 e. The second-order valence-corrected chi connectivity index (χ2v) is 2.43. The molecule has 1 heterocycles. The molecule has 1 aromatic heterocycles. The normalized spacial score (nSPS) is 7.53. The Hall–Kier alpha value is -1.37. The van der Waals surface area contributed by atoms with Gasteiger partial charge in [-0.3, -0.25) is 4.98 Å². The second kappa shape index (κ2) is 10.7. The smallest absolute Gasteiger partial charge is 0.0724 e. The summed E-state index contributed by atoms with van der Waals surface area (Å²) in [7, 11) is 0. The summed E-state index contributed by atoms with van der Waals surface area (Å²) < 4.78 is 0. The first kappa shape index (κ1) is 16.1. The molecular formula is C14H23N. The van der Waals surface area contributed by atoms with Crippen LogP contribution in [0.25, 0.3) is 11.6 Å². The van der Waals surface area contributed by atoms with Gasteiger partial charge in [-0.2, -0.15) is 0 Å². The number of allylic oxidation sites excluding steroid dienone is 1. The van der Waals surface area contributed by atoms with Gasteiger partial charge in [0.1, 0.15) is 0 Å². The van der Waals surface area contributed by atoms with E-state index in [2.05, 4.69) is 18.1 Å². The van der Waals surface area contributed by atoms with E-state index in [9.17, 15) is 0 Å². The second-order valence-electron chi connectivity index (χ2n) is 2.43. The summed E-state index contributed by atoms with van der Waals surface area (Å²) in [5.41, 5.74) is 2.95. The van der Waals surface area contributed by atoms with E-state index in [1.165, 1.54) is 0 Å². The highest BCUT2D eigenvalue weighted by Gasteiger charge is 1.98. The molecule has 0 aliphatic carbocycles. The monoisotopic (exact) mass is 205 g/mol. The van der Waals surface area contributed by atoms with Crippen molar-refractivity contribution in [2.24, 2.45) is 0 Å². The van der Waals surface area contributed by atoms with Crippen LogP contribution in [-0.2, 0) is 0 Å². The molecule has 1 aromatic rings. The van der Waals surface area contributed by atoms with Crippen LogP contribution in [-0.4, -0.2) is 4.98 Å². The molecule has 0 saturated carbocycles. The van der Waals surface area contributed by atoms with E-state index in [0.717, 1.165) is 16.8 Å². The van der Waals surface area contributed by atoms with E-state index in [1.54, 1.807) is 12.3 Å². The van der Waals surface area contributed by atoms with Gasteiger partial charge in [-0.1, -0.05) is 53.0 Å². The van der Waals surface area contributed by atoms with Gasteiger partial charge >= 0.3 is 0 Å². The van der Waals surface area contributed by atoms with Crippen LogP contribution in [0.3, 0.4) is 0 Å². The highest BCUT2D eigenvalue weighted by Crippen LogP contribution is 2.14. The minimum atomic E-state index is 0.933. The van der Waals surface area contributed by atoms with E-state index in [-0.39, 0.29) is 0 Å². The summed E-state index contributed by atoms with van der Waals surface area (Å²) in [5.74, 6) is 0. The lowest BCUT2D eigenvalue weighted by molar-refractivity contribution is 1.26. The van der Waals surface area contributed by atoms with Crippen LogP contribution in [0, 0.1) is 0 Å². The number of hydrogen-bond donors (Lipinski definition) is 0. The minimum absolute atomic E-state index is 0.933. The Kier molecular flexibility index (Phi) is 11.5. The number of hydrogen-bond acceptors (Lipinski definition) is 1. The standard InChI is InChI=1S/C10H11N.2C2H6/c1-4-9-6-5-7-11-10(9)8(2)3;2*1-2/h4-7H,1-2H2,3H3;2*1-2H3. The molecule has 1 heteroatoms. The molecule has 0 atom stereocenters. The minimum Gasteiger partial charge on any atom is -0.256 e. The molecular weight excluding hydrogens is 182 g/mol. The van der Waals surface area contributed by atoms with Crippen LogP contribution < -0.4 is 0 Å². The Morgan fingerprint density at radius 2 is 1.80 bits per heavy atom. The lowest BCUT2D eigenvalue weighted by Gasteiger charge is -2.01. The van der Waals surface area contributed by atoms with Crippen LogP contribution in [0.1, 0.15) is 45.9 Å². The Morgan fingerprint density at radius 1 is 1.27 bits per heavy atom. The van der Waals surface area contributed by atoms with Gasteiger partial charge in [-0.25, -0.2) is 0 Å². The predicted octanol–water partition coefficient (Wildman–Crippen LogP) is 4.81. The van der Waals surface area contributed by atoms with Crippen molar-refractivity contribution in [1.82, 2.24) is 4.98 Å². The highest BCUT2D eigenvalue weighted by molar-refractivity contribution is 5.68. The first-order chi connectivity index (χ1) is 7.25. The van der Waals surface area contributed by atoms with Crippen molar-refractivity contribution in [2.45, 2.75) is 34.6 Å². The molecule has 0 spiro atoms. The third-order valence-corrected chi connectivity index (χ3v) is 1.46. The maximum Gasteiger partial charge on any atom is 0.0724 e. The third kappa shape index (κ3) is 5.84. The first-order valence-electron chi connectivity index (χ1n) is 5.49. The van der Waals surface area contributed by atoms with Gasteiger partial charge in [0.05, 0.1) is 5.69 Å². The van der Waals surface area contributed by atoms with Crippen molar-refractivity contribution in [3.63, 3.8) is 0 Å². The maximum absolute atomic E-state index is 4.18. The van der Waals surface area contributed by atoms with E-state index < -0.39 is 0 Å². The van der Waals surface area contributed by atoms with Crippen LogP contribution in [0.5, 0.6) is 0 Å². The van der Waals surface area contributed by atoms with Gasteiger partial charge in [0.2, 0.25) is 0 Å². The SMILES string of the molecule is C=Cc1cccnc1C(=C)C.CC.CC. The fourth-order valence-electron chi connectivity index (χ4n) is 0.939. The number of aromatic nitrogens is 1. The van der Waals surface area contributed by atoms with Gasteiger partial charge in [-0.05, 0) is 24.1 Å². The molecule has 0 unspecified atom stereocenters. The third-order valence-electron chi connectivity index (χ3n) is 1.46. The predicted molar refractivity (Wildman–Crippen MR) is 71.7 cm³/mol. The maximum atomic E-state index is 4.18. The number of nitrogens with zero attached hydrogens (tertiary/aromatic N) is 1. The molecule has 1 rings (SSSR count). The summed E-state index contributed by atoms with van der Waals surface area (Å²) in [6.45, 7) is 17.5. The molecule has 0 N–H and O–H groups in total. The zero-order chi connectivity index (χ0) is 12.3. The van der Waals surface area contributed by atoms with Gasteiger partial charge in [0, 0.05) is 6.20 Å². The van der Waals surface area contributed by atoms with E-state index in [0.29, 0.717) is 0 Å². The molecule has 15 heavy (non-hydrogen) atoms. The molecule has 0 fully saturated rings. The number of pyridine rings is 1. The Bertz CT molecular complexity index is 287. The van der Waals surface area contributed by atoms with Gasteiger partial charge in [0.25, 0.3) is 0 Å². The number of rotatable bonds is 2. The van der Waals surface area contributed by atoms with Crippen molar-refractivity contribution in [3.8, 4) is 0 Å². The molecule has 0 bridgehead atoms. The molecule has 0 aliphatic rings. The molecule has 0 radical (unpaired) electrons. The average molecular weight is 205 g/mol. The van der Waals surface area contributed by atoms with Crippen molar-refractivity contribution >= 4 is 11.6 Å².